The van der Waals surface area contributed by atoms with E-state index in [9.17, 15) is 8.78 Å². The lowest BCUT2D eigenvalue weighted by molar-refractivity contribution is 0.320. The Kier molecular flexibility index (Phi) is 3.89. The van der Waals surface area contributed by atoms with E-state index in [2.05, 4.69) is 10.00 Å². The summed E-state index contributed by atoms with van der Waals surface area (Å²) in [6, 6.07) is 4.53. The molecule has 1 N–H and O–H groups in total. The number of fused-ring (bicyclic) bond motifs is 1. The highest BCUT2D eigenvalue weighted by atomic mass is 19.2. The van der Waals surface area contributed by atoms with Crippen LogP contribution >= 0.6 is 0 Å². The van der Waals surface area contributed by atoms with Crippen LogP contribution in [0.4, 0.5) is 8.78 Å². The minimum atomic E-state index is -0.813. The number of halogens is 2. The largest absolute Gasteiger partial charge is 0.312 e. The second-order valence-corrected chi connectivity index (χ2v) is 6.57. The second kappa shape index (κ2) is 6.04. The van der Waals surface area contributed by atoms with Gasteiger partial charge in [0.1, 0.15) is 0 Å². The molecule has 5 heteroatoms. The van der Waals surface area contributed by atoms with E-state index in [0.717, 1.165) is 30.8 Å². The van der Waals surface area contributed by atoms with E-state index in [1.807, 2.05) is 0 Å². The summed E-state index contributed by atoms with van der Waals surface area (Å²) in [5.41, 5.74) is 3.89. The molecule has 2 aromatic rings. The summed E-state index contributed by atoms with van der Waals surface area (Å²) in [5, 5.41) is 8.22. The van der Waals surface area contributed by atoms with Crippen LogP contribution in [0.2, 0.25) is 0 Å². The molecule has 0 atom stereocenters. The first-order valence-electron chi connectivity index (χ1n) is 8.50. The molecule has 2 aliphatic rings. The van der Waals surface area contributed by atoms with Gasteiger partial charge < -0.3 is 5.32 Å². The van der Waals surface area contributed by atoms with Crippen LogP contribution in [0.3, 0.4) is 0 Å². The van der Waals surface area contributed by atoms with Crippen LogP contribution in [-0.4, -0.2) is 16.3 Å². The Morgan fingerprint density at radius 1 is 1.09 bits per heavy atom. The number of nitrogens with one attached hydrogen (secondary N) is 1. The zero-order chi connectivity index (χ0) is 15.8. The molecule has 1 saturated carbocycles. The lowest BCUT2D eigenvalue weighted by Crippen LogP contribution is -2.26. The molecular formula is C18H21F2N3. The monoisotopic (exact) mass is 317 g/mol. The minimum absolute atomic E-state index is 0.453. The maximum Gasteiger partial charge on any atom is 0.159 e. The molecule has 1 aliphatic carbocycles. The third kappa shape index (κ3) is 2.67. The minimum Gasteiger partial charge on any atom is -0.312 e. The normalized spacial score (nSPS) is 18.9. The van der Waals surface area contributed by atoms with E-state index in [0.29, 0.717) is 11.6 Å². The van der Waals surface area contributed by atoms with Gasteiger partial charge in [0.15, 0.2) is 11.6 Å². The first kappa shape index (κ1) is 14.8. The van der Waals surface area contributed by atoms with Crippen molar-refractivity contribution in [3.63, 3.8) is 0 Å². The van der Waals surface area contributed by atoms with Crippen LogP contribution in [0, 0.1) is 11.6 Å². The summed E-state index contributed by atoms with van der Waals surface area (Å²) in [6.45, 7) is 1.69. The van der Waals surface area contributed by atoms with Crippen LogP contribution in [0.5, 0.6) is 0 Å². The quantitative estimate of drug-likeness (QED) is 0.908. The maximum absolute atomic E-state index is 13.6. The predicted molar refractivity (Wildman–Crippen MR) is 85.1 cm³/mol. The number of hydrogen-bond acceptors (Lipinski definition) is 2. The van der Waals surface area contributed by atoms with Crippen LogP contribution in [0.15, 0.2) is 18.2 Å². The van der Waals surface area contributed by atoms with Gasteiger partial charge in [-0.05, 0) is 31.0 Å². The van der Waals surface area contributed by atoms with Crippen molar-refractivity contribution in [2.24, 2.45) is 0 Å². The van der Waals surface area contributed by atoms with Gasteiger partial charge in [0, 0.05) is 36.3 Å². The maximum atomic E-state index is 13.6. The van der Waals surface area contributed by atoms with E-state index in [1.54, 1.807) is 6.07 Å². The fourth-order valence-electron chi connectivity index (χ4n) is 3.88. The highest BCUT2D eigenvalue weighted by molar-refractivity contribution is 5.64. The molecule has 0 saturated heterocycles. The molecule has 3 nitrogen and oxygen atoms in total. The van der Waals surface area contributed by atoms with E-state index in [4.69, 9.17) is 5.10 Å². The van der Waals surface area contributed by atoms with Crippen molar-refractivity contribution in [3.8, 4) is 11.3 Å². The average molecular weight is 317 g/mol. The van der Waals surface area contributed by atoms with Crippen molar-refractivity contribution in [1.29, 1.82) is 0 Å². The molecule has 4 rings (SSSR count). The van der Waals surface area contributed by atoms with Crippen molar-refractivity contribution in [3.05, 3.63) is 41.1 Å². The van der Waals surface area contributed by atoms with E-state index in [-0.39, 0.29) is 0 Å². The summed E-state index contributed by atoms with van der Waals surface area (Å²) in [4.78, 5) is 0. The highest BCUT2D eigenvalue weighted by Crippen LogP contribution is 2.34. The SMILES string of the molecule is Fc1ccc(-c2nn(C3CCCCC3)c3c2CNCC3)cc1F. The molecular weight excluding hydrogens is 296 g/mol. The first-order chi connectivity index (χ1) is 11.2. The van der Waals surface area contributed by atoms with E-state index >= 15 is 0 Å². The van der Waals surface area contributed by atoms with E-state index in [1.165, 1.54) is 49.9 Å². The summed E-state index contributed by atoms with van der Waals surface area (Å²) >= 11 is 0. The Labute approximate surface area is 134 Å². The fourth-order valence-corrected chi connectivity index (χ4v) is 3.88. The summed E-state index contributed by atoms with van der Waals surface area (Å²) in [7, 11) is 0. The van der Waals surface area contributed by atoms with Crippen molar-refractivity contribution in [1.82, 2.24) is 15.1 Å². The van der Waals surface area contributed by atoms with Crippen molar-refractivity contribution >= 4 is 0 Å². The second-order valence-electron chi connectivity index (χ2n) is 6.57. The van der Waals surface area contributed by atoms with Gasteiger partial charge in [-0.2, -0.15) is 5.10 Å². The van der Waals surface area contributed by atoms with Gasteiger partial charge in [0.05, 0.1) is 11.7 Å². The first-order valence-corrected chi connectivity index (χ1v) is 8.50. The summed E-state index contributed by atoms with van der Waals surface area (Å²) < 4.78 is 29.1. The Hall–Kier alpha value is -1.75. The summed E-state index contributed by atoms with van der Waals surface area (Å²) in [5.74, 6) is -1.63. The number of aromatic nitrogens is 2. The molecule has 0 amide bonds. The van der Waals surface area contributed by atoms with Crippen LogP contribution < -0.4 is 5.32 Å². The third-order valence-corrected chi connectivity index (χ3v) is 5.07. The van der Waals surface area contributed by atoms with Gasteiger partial charge in [-0.1, -0.05) is 19.3 Å². The molecule has 0 unspecified atom stereocenters. The predicted octanol–water partition coefficient (Wildman–Crippen LogP) is 3.98. The van der Waals surface area contributed by atoms with Gasteiger partial charge >= 0.3 is 0 Å². The fraction of sp³-hybridized carbons (Fsp3) is 0.500. The zero-order valence-corrected chi connectivity index (χ0v) is 13.1. The molecule has 1 fully saturated rings. The number of benzene rings is 1. The van der Waals surface area contributed by atoms with Crippen molar-refractivity contribution in [2.75, 3.05) is 6.54 Å². The van der Waals surface area contributed by atoms with Crippen LogP contribution in [0.1, 0.15) is 49.4 Å². The lowest BCUT2D eigenvalue weighted by atomic mass is 9.95. The van der Waals surface area contributed by atoms with Gasteiger partial charge in [0.25, 0.3) is 0 Å². The molecule has 2 heterocycles. The van der Waals surface area contributed by atoms with Gasteiger partial charge in [-0.3, -0.25) is 4.68 Å². The van der Waals surface area contributed by atoms with Gasteiger partial charge in [0.2, 0.25) is 0 Å². The third-order valence-electron chi connectivity index (χ3n) is 5.07. The molecule has 1 aromatic heterocycles. The molecule has 1 aromatic carbocycles. The number of nitrogens with zero attached hydrogens (tertiary/aromatic N) is 2. The zero-order valence-electron chi connectivity index (χ0n) is 13.1. The van der Waals surface area contributed by atoms with Crippen molar-refractivity contribution in [2.45, 2.75) is 51.1 Å². The highest BCUT2D eigenvalue weighted by Gasteiger charge is 2.26. The lowest BCUT2D eigenvalue weighted by Gasteiger charge is -2.25. The van der Waals surface area contributed by atoms with E-state index < -0.39 is 11.6 Å². The van der Waals surface area contributed by atoms with Crippen LogP contribution in [0.25, 0.3) is 11.3 Å². The number of hydrogen-bond donors (Lipinski definition) is 1. The summed E-state index contributed by atoms with van der Waals surface area (Å²) in [6.07, 6.45) is 7.08. The topological polar surface area (TPSA) is 29.9 Å². The molecule has 0 spiro atoms. The number of rotatable bonds is 2. The Balaban J connectivity index is 1.80. The smallest absolute Gasteiger partial charge is 0.159 e. The molecule has 1 aliphatic heterocycles. The molecule has 122 valence electrons. The standard InChI is InChI=1S/C18H21F2N3/c19-15-7-6-12(10-16(15)20)18-14-11-21-9-8-17(14)23(22-18)13-4-2-1-3-5-13/h6-7,10,13,21H,1-5,8-9,11H2. The Bertz CT molecular complexity index is 717. The Morgan fingerprint density at radius 3 is 2.70 bits per heavy atom. The van der Waals surface area contributed by atoms with Crippen molar-refractivity contribution < 1.29 is 8.78 Å². The molecule has 0 radical (unpaired) electrons. The molecule has 23 heavy (non-hydrogen) atoms. The average Bonchev–Trinajstić information content (AvgIpc) is 2.98. The Morgan fingerprint density at radius 2 is 1.91 bits per heavy atom. The molecule has 0 bridgehead atoms. The van der Waals surface area contributed by atoms with Gasteiger partial charge in [-0.25, -0.2) is 8.78 Å². The van der Waals surface area contributed by atoms with Crippen LogP contribution in [-0.2, 0) is 13.0 Å². The van der Waals surface area contributed by atoms with Gasteiger partial charge in [-0.15, -0.1) is 0 Å².